The van der Waals surface area contributed by atoms with E-state index >= 15 is 0 Å². The number of hydrogen-bond donors (Lipinski definition) is 1. The van der Waals surface area contributed by atoms with Gasteiger partial charge in [0.1, 0.15) is 0 Å². The summed E-state index contributed by atoms with van der Waals surface area (Å²) in [4.78, 5) is 25.7. The van der Waals surface area contributed by atoms with Crippen molar-refractivity contribution in [2.45, 2.75) is 38.0 Å². The van der Waals surface area contributed by atoms with E-state index in [9.17, 15) is 9.59 Å². The van der Waals surface area contributed by atoms with E-state index in [0.29, 0.717) is 24.3 Å². The molecule has 3 aliphatic rings. The van der Waals surface area contributed by atoms with Crippen molar-refractivity contribution in [3.8, 4) is 11.5 Å². The minimum absolute atomic E-state index is 0.0596. The van der Waals surface area contributed by atoms with E-state index in [-0.39, 0.29) is 36.7 Å². The molecule has 2 atom stereocenters. The molecule has 0 bridgehead atoms. The van der Waals surface area contributed by atoms with E-state index in [4.69, 9.17) is 9.47 Å². The molecular weight excluding hydrogens is 434 g/mol. The first-order chi connectivity index (χ1) is 14.0. The predicted molar refractivity (Wildman–Crippen MR) is 111 cm³/mol. The summed E-state index contributed by atoms with van der Waals surface area (Å²) >= 11 is 3.60. The summed E-state index contributed by atoms with van der Waals surface area (Å²) in [6, 6.07) is 12.0. The van der Waals surface area contributed by atoms with Crippen molar-refractivity contribution >= 4 is 27.6 Å². The van der Waals surface area contributed by atoms with E-state index in [1.807, 2.05) is 19.1 Å². The smallest absolute Gasteiger partial charge is 0.231 e. The zero-order chi connectivity index (χ0) is 20.1. The summed E-state index contributed by atoms with van der Waals surface area (Å²) in [5, 5.41) is 2.98. The van der Waals surface area contributed by atoms with Crippen molar-refractivity contribution in [3.63, 3.8) is 0 Å². The molecule has 148 valence electrons. The zero-order valence-corrected chi connectivity index (χ0v) is 17.5. The highest BCUT2D eigenvalue weighted by molar-refractivity contribution is 9.10. The summed E-state index contributed by atoms with van der Waals surface area (Å²) in [6.07, 6.45) is 1.36. The van der Waals surface area contributed by atoms with Crippen LogP contribution in [0.4, 0.5) is 0 Å². The molecule has 5 nitrogen and oxygen atoms in total. The highest BCUT2D eigenvalue weighted by atomic mass is 79.9. The Morgan fingerprint density at radius 2 is 1.72 bits per heavy atom. The van der Waals surface area contributed by atoms with Crippen LogP contribution in [0.3, 0.4) is 0 Å². The fraction of sp³-hybridized carbons (Fsp3) is 0.304. The molecule has 0 aromatic heterocycles. The van der Waals surface area contributed by atoms with Gasteiger partial charge in [0.05, 0.1) is 0 Å². The third-order valence-electron chi connectivity index (χ3n) is 5.95. The maximum absolute atomic E-state index is 13.2. The van der Waals surface area contributed by atoms with Crippen LogP contribution >= 0.6 is 15.9 Å². The lowest BCUT2D eigenvalue weighted by atomic mass is 9.73. The number of carbonyl (C=O) groups excluding carboxylic acids is 2. The summed E-state index contributed by atoms with van der Waals surface area (Å²) < 4.78 is 11.8. The number of benzene rings is 2. The van der Waals surface area contributed by atoms with E-state index < -0.39 is 0 Å². The van der Waals surface area contributed by atoms with Gasteiger partial charge in [-0.1, -0.05) is 45.8 Å². The zero-order valence-electron chi connectivity index (χ0n) is 16.0. The van der Waals surface area contributed by atoms with Gasteiger partial charge >= 0.3 is 0 Å². The molecule has 6 heteroatoms. The Labute approximate surface area is 177 Å². The quantitative estimate of drug-likeness (QED) is 0.727. The molecule has 1 aliphatic carbocycles. The second-order valence-corrected chi connectivity index (χ2v) is 8.72. The summed E-state index contributed by atoms with van der Waals surface area (Å²) in [5.41, 5.74) is 4.70. The van der Waals surface area contributed by atoms with Crippen LogP contribution < -0.4 is 14.8 Å². The molecule has 0 unspecified atom stereocenters. The third kappa shape index (κ3) is 3.25. The van der Waals surface area contributed by atoms with Crippen molar-refractivity contribution in [1.82, 2.24) is 5.32 Å². The number of fused-ring (bicyclic) bond motifs is 1. The largest absolute Gasteiger partial charge is 0.454 e. The molecule has 0 spiro atoms. The second kappa shape index (κ2) is 7.02. The summed E-state index contributed by atoms with van der Waals surface area (Å²) in [6.45, 7) is 2.23. The van der Waals surface area contributed by atoms with Crippen LogP contribution in [-0.2, 0) is 9.59 Å². The number of halogens is 1. The van der Waals surface area contributed by atoms with Crippen LogP contribution in [0.2, 0.25) is 0 Å². The maximum atomic E-state index is 13.2. The van der Waals surface area contributed by atoms with Crippen molar-refractivity contribution in [3.05, 3.63) is 68.8 Å². The Morgan fingerprint density at radius 1 is 1.00 bits per heavy atom. The SMILES string of the molecule is Cc1ccc([C@H]2CC(=O)C3=C(C2)NC(=O)C[C@H]3c2cc3c(cc2Br)OCO3)cc1. The van der Waals surface area contributed by atoms with Crippen molar-refractivity contribution < 1.29 is 19.1 Å². The molecule has 0 fully saturated rings. The van der Waals surface area contributed by atoms with Gasteiger partial charge in [-0.2, -0.15) is 0 Å². The number of ether oxygens (including phenoxy) is 2. The number of rotatable bonds is 2. The monoisotopic (exact) mass is 453 g/mol. The molecular formula is C23H20BrNO4. The van der Waals surface area contributed by atoms with Crippen LogP contribution in [0, 0.1) is 6.92 Å². The van der Waals surface area contributed by atoms with Gasteiger partial charge in [0.2, 0.25) is 12.7 Å². The number of allylic oxidation sites excluding steroid dienone is 2. The molecule has 1 amide bonds. The van der Waals surface area contributed by atoms with Crippen molar-refractivity contribution in [2.75, 3.05) is 6.79 Å². The molecule has 0 radical (unpaired) electrons. The Morgan fingerprint density at radius 3 is 2.48 bits per heavy atom. The molecule has 1 N–H and O–H groups in total. The number of carbonyl (C=O) groups is 2. The van der Waals surface area contributed by atoms with Gasteiger partial charge in [-0.25, -0.2) is 0 Å². The van der Waals surface area contributed by atoms with E-state index in [1.165, 1.54) is 5.56 Å². The number of ketones is 1. The molecule has 2 aliphatic heterocycles. The second-order valence-electron chi connectivity index (χ2n) is 7.86. The number of hydrogen-bond acceptors (Lipinski definition) is 4. The number of Topliss-reactive ketones (excluding diaryl/α,β-unsaturated/α-hetero) is 1. The van der Waals surface area contributed by atoms with Gasteiger partial charge in [-0.15, -0.1) is 0 Å². The van der Waals surface area contributed by atoms with Gasteiger partial charge in [0.25, 0.3) is 0 Å². The molecule has 29 heavy (non-hydrogen) atoms. The number of aryl methyl sites for hydroxylation is 1. The molecule has 2 heterocycles. The van der Waals surface area contributed by atoms with Crippen LogP contribution in [0.25, 0.3) is 0 Å². The third-order valence-corrected chi connectivity index (χ3v) is 6.64. The van der Waals surface area contributed by atoms with Gasteiger partial charge in [0, 0.05) is 34.5 Å². The highest BCUT2D eigenvalue weighted by Crippen LogP contribution is 2.47. The van der Waals surface area contributed by atoms with Crippen LogP contribution in [0.15, 0.2) is 52.1 Å². The first-order valence-electron chi connectivity index (χ1n) is 9.71. The van der Waals surface area contributed by atoms with Gasteiger partial charge in [0.15, 0.2) is 17.3 Å². The van der Waals surface area contributed by atoms with Crippen LogP contribution in [0.1, 0.15) is 47.8 Å². The molecule has 2 aromatic rings. The Bertz CT molecular complexity index is 1060. The molecule has 0 saturated carbocycles. The fourth-order valence-corrected chi connectivity index (χ4v) is 5.10. The minimum atomic E-state index is -0.283. The Hall–Kier alpha value is -2.60. The topological polar surface area (TPSA) is 64.6 Å². The van der Waals surface area contributed by atoms with Gasteiger partial charge in [-0.05, 0) is 42.5 Å². The maximum Gasteiger partial charge on any atom is 0.231 e. The molecule has 5 rings (SSSR count). The van der Waals surface area contributed by atoms with E-state index in [1.54, 1.807) is 0 Å². The normalized spacial score (nSPS) is 23.1. The lowest BCUT2D eigenvalue weighted by Gasteiger charge is -2.35. The van der Waals surface area contributed by atoms with Crippen molar-refractivity contribution in [2.24, 2.45) is 0 Å². The first kappa shape index (κ1) is 18.4. The van der Waals surface area contributed by atoms with E-state index in [2.05, 4.69) is 45.5 Å². The fourth-order valence-electron chi connectivity index (χ4n) is 4.50. The van der Waals surface area contributed by atoms with Gasteiger partial charge < -0.3 is 14.8 Å². The average Bonchev–Trinajstić information content (AvgIpc) is 3.14. The van der Waals surface area contributed by atoms with E-state index in [0.717, 1.165) is 26.9 Å². The minimum Gasteiger partial charge on any atom is -0.454 e. The number of nitrogens with one attached hydrogen (secondary N) is 1. The first-order valence-corrected chi connectivity index (χ1v) is 10.5. The number of amides is 1. The predicted octanol–water partition coefficient (Wildman–Crippen LogP) is 4.49. The molecule has 0 saturated heterocycles. The van der Waals surface area contributed by atoms with Crippen LogP contribution in [0.5, 0.6) is 11.5 Å². The Kier molecular flexibility index (Phi) is 4.46. The van der Waals surface area contributed by atoms with Crippen molar-refractivity contribution in [1.29, 1.82) is 0 Å². The average molecular weight is 454 g/mol. The Balaban J connectivity index is 1.54. The highest BCUT2D eigenvalue weighted by Gasteiger charge is 2.39. The summed E-state index contributed by atoms with van der Waals surface area (Å²) in [7, 11) is 0. The lowest BCUT2D eigenvalue weighted by Crippen LogP contribution is -2.38. The standard InChI is InChI=1S/C23H20BrNO4/c1-12-2-4-13(5-3-12)14-6-18-23(19(26)7-14)16(9-22(27)25-18)15-8-20-21(10-17(15)24)29-11-28-20/h2-5,8,10,14,16H,6-7,9,11H2,1H3,(H,25,27)/t14-,16+/m1/s1. The van der Waals surface area contributed by atoms with Gasteiger partial charge in [-0.3, -0.25) is 9.59 Å². The lowest BCUT2D eigenvalue weighted by molar-refractivity contribution is -0.122. The van der Waals surface area contributed by atoms with Crippen LogP contribution in [-0.4, -0.2) is 18.5 Å². The summed E-state index contributed by atoms with van der Waals surface area (Å²) in [5.74, 6) is 1.17. The molecule has 2 aromatic carbocycles.